The molecule has 0 aliphatic carbocycles. The number of aromatic amines is 1. The van der Waals surface area contributed by atoms with Gasteiger partial charge in [0.15, 0.2) is 0 Å². The number of H-pyrrole nitrogens is 1. The third-order valence-electron chi connectivity index (χ3n) is 3.42. The predicted molar refractivity (Wildman–Crippen MR) is 82.7 cm³/mol. The van der Waals surface area contributed by atoms with Gasteiger partial charge >= 0.3 is 0 Å². The van der Waals surface area contributed by atoms with Crippen molar-refractivity contribution in [1.29, 1.82) is 0 Å². The number of nitrogens with zero attached hydrogens (tertiary/aromatic N) is 3. The largest absolute Gasteiger partial charge is 0.332 e. The van der Waals surface area contributed by atoms with Gasteiger partial charge in [0.1, 0.15) is 11.5 Å². The summed E-state index contributed by atoms with van der Waals surface area (Å²) in [6.07, 6.45) is 0. The van der Waals surface area contributed by atoms with Gasteiger partial charge in [-0.15, -0.1) is 0 Å². The second-order valence-electron chi connectivity index (χ2n) is 4.94. The first-order chi connectivity index (χ1) is 11.3. The Labute approximate surface area is 130 Å². The molecule has 2 heterocycles. The SMILES string of the molecule is Fc1ccccc1-c1noc(-c2cc(-c3ccccc3)n[nH]2)n1. The van der Waals surface area contributed by atoms with Crippen LogP contribution in [0.25, 0.3) is 34.2 Å². The van der Waals surface area contributed by atoms with Crippen molar-refractivity contribution >= 4 is 0 Å². The number of benzene rings is 2. The fourth-order valence-corrected chi connectivity index (χ4v) is 2.27. The van der Waals surface area contributed by atoms with Gasteiger partial charge in [-0.05, 0) is 18.2 Å². The molecule has 2 aromatic heterocycles. The van der Waals surface area contributed by atoms with Gasteiger partial charge in [-0.2, -0.15) is 10.1 Å². The van der Waals surface area contributed by atoms with E-state index in [-0.39, 0.29) is 11.7 Å². The van der Waals surface area contributed by atoms with Gasteiger partial charge in [0.05, 0.1) is 11.3 Å². The van der Waals surface area contributed by atoms with Crippen molar-refractivity contribution < 1.29 is 8.91 Å². The topological polar surface area (TPSA) is 67.6 Å². The number of rotatable bonds is 3. The van der Waals surface area contributed by atoms with Gasteiger partial charge in [-0.3, -0.25) is 5.10 Å². The molecule has 1 N–H and O–H groups in total. The molecule has 0 aliphatic rings. The minimum absolute atomic E-state index is 0.203. The van der Waals surface area contributed by atoms with Crippen LogP contribution < -0.4 is 0 Å². The van der Waals surface area contributed by atoms with E-state index in [9.17, 15) is 4.39 Å². The van der Waals surface area contributed by atoms with Crippen molar-refractivity contribution in [2.45, 2.75) is 0 Å². The third-order valence-corrected chi connectivity index (χ3v) is 3.42. The first kappa shape index (κ1) is 13.4. The molecule has 0 atom stereocenters. The zero-order chi connectivity index (χ0) is 15.6. The van der Waals surface area contributed by atoms with Crippen LogP contribution in [0.2, 0.25) is 0 Å². The first-order valence-electron chi connectivity index (χ1n) is 7.01. The average Bonchev–Trinajstić information content (AvgIpc) is 3.25. The molecule has 5 nitrogen and oxygen atoms in total. The van der Waals surface area contributed by atoms with E-state index < -0.39 is 5.82 Å². The Morgan fingerprint density at radius 3 is 2.57 bits per heavy atom. The number of hydrogen-bond acceptors (Lipinski definition) is 4. The van der Waals surface area contributed by atoms with E-state index in [1.54, 1.807) is 18.2 Å². The van der Waals surface area contributed by atoms with E-state index in [1.165, 1.54) is 6.07 Å². The van der Waals surface area contributed by atoms with E-state index in [0.717, 1.165) is 11.3 Å². The Kier molecular flexibility index (Phi) is 3.20. The Morgan fingerprint density at radius 2 is 1.74 bits per heavy atom. The molecule has 4 rings (SSSR count). The second-order valence-corrected chi connectivity index (χ2v) is 4.94. The zero-order valence-electron chi connectivity index (χ0n) is 11.9. The summed E-state index contributed by atoms with van der Waals surface area (Å²) in [5, 5.41) is 10.9. The van der Waals surface area contributed by atoms with Crippen molar-refractivity contribution in [2.24, 2.45) is 0 Å². The quantitative estimate of drug-likeness (QED) is 0.622. The molecular weight excluding hydrogens is 295 g/mol. The molecule has 0 spiro atoms. The number of aromatic nitrogens is 4. The third kappa shape index (κ3) is 2.50. The Morgan fingerprint density at radius 1 is 0.957 bits per heavy atom. The van der Waals surface area contributed by atoms with Crippen molar-refractivity contribution in [3.05, 3.63) is 66.5 Å². The Balaban J connectivity index is 1.68. The van der Waals surface area contributed by atoms with E-state index >= 15 is 0 Å². The molecule has 6 heteroatoms. The van der Waals surface area contributed by atoms with Crippen LogP contribution in [0.4, 0.5) is 4.39 Å². The fourth-order valence-electron chi connectivity index (χ4n) is 2.27. The van der Waals surface area contributed by atoms with Gasteiger partial charge in [-0.1, -0.05) is 47.6 Å². The molecule has 0 fully saturated rings. The van der Waals surface area contributed by atoms with Crippen molar-refractivity contribution in [3.63, 3.8) is 0 Å². The number of nitrogens with one attached hydrogen (secondary N) is 1. The molecular formula is C17H11FN4O. The van der Waals surface area contributed by atoms with Crippen molar-refractivity contribution in [1.82, 2.24) is 20.3 Å². The molecule has 4 aromatic rings. The lowest BCUT2D eigenvalue weighted by Crippen LogP contribution is -1.85. The highest BCUT2D eigenvalue weighted by Gasteiger charge is 2.15. The molecule has 0 aliphatic heterocycles. The van der Waals surface area contributed by atoms with Crippen LogP contribution in [-0.2, 0) is 0 Å². The molecule has 0 saturated carbocycles. The minimum Gasteiger partial charge on any atom is -0.332 e. The molecule has 0 bridgehead atoms. The molecule has 0 radical (unpaired) electrons. The highest BCUT2D eigenvalue weighted by atomic mass is 19.1. The van der Waals surface area contributed by atoms with Crippen LogP contribution in [0, 0.1) is 5.82 Å². The molecule has 0 unspecified atom stereocenters. The van der Waals surface area contributed by atoms with Crippen LogP contribution in [0.1, 0.15) is 0 Å². The number of halogens is 1. The van der Waals surface area contributed by atoms with Gasteiger partial charge < -0.3 is 4.52 Å². The van der Waals surface area contributed by atoms with Crippen molar-refractivity contribution in [2.75, 3.05) is 0 Å². The highest BCUT2D eigenvalue weighted by Crippen LogP contribution is 2.25. The van der Waals surface area contributed by atoms with E-state index in [1.807, 2.05) is 36.4 Å². The summed E-state index contributed by atoms with van der Waals surface area (Å²) >= 11 is 0. The second kappa shape index (κ2) is 5.49. The molecule has 23 heavy (non-hydrogen) atoms. The fraction of sp³-hybridized carbons (Fsp3) is 0. The number of hydrogen-bond donors (Lipinski definition) is 1. The zero-order valence-corrected chi connectivity index (χ0v) is 11.9. The summed E-state index contributed by atoms with van der Waals surface area (Å²) in [4.78, 5) is 4.23. The predicted octanol–water partition coefficient (Wildman–Crippen LogP) is 3.93. The summed E-state index contributed by atoms with van der Waals surface area (Å²) in [7, 11) is 0. The molecule has 2 aromatic carbocycles. The lowest BCUT2D eigenvalue weighted by Gasteiger charge is -1.94. The maximum absolute atomic E-state index is 13.8. The summed E-state index contributed by atoms with van der Waals surface area (Å²) in [5.41, 5.74) is 2.62. The Bertz CT molecular complexity index is 946. The minimum atomic E-state index is -0.394. The molecule has 0 amide bonds. The van der Waals surface area contributed by atoms with Crippen LogP contribution >= 0.6 is 0 Å². The average molecular weight is 306 g/mol. The van der Waals surface area contributed by atoms with E-state index in [4.69, 9.17) is 4.52 Å². The smallest absolute Gasteiger partial charge is 0.276 e. The summed E-state index contributed by atoms with van der Waals surface area (Å²) < 4.78 is 19.0. The monoisotopic (exact) mass is 306 g/mol. The van der Waals surface area contributed by atoms with Crippen molar-refractivity contribution in [3.8, 4) is 34.2 Å². The molecule has 112 valence electrons. The normalized spacial score (nSPS) is 10.8. The van der Waals surface area contributed by atoms with Gasteiger partial charge in [-0.25, -0.2) is 4.39 Å². The maximum Gasteiger partial charge on any atom is 0.276 e. The standard InChI is InChI=1S/C17H11FN4O/c18-13-9-5-4-8-12(13)16-19-17(23-22-16)15-10-14(20-21-15)11-6-2-1-3-7-11/h1-10H,(H,20,21). The first-order valence-corrected chi connectivity index (χ1v) is 7.01. The van der Waals surface area contributed by atoms with Crippen LogP contribution in [0.5, 0.6) is 0 Å². The van der Waals surface area contributed by atoms with E-state index in [2.05, 4.69) is 20.3 Å². The van der Waals surface area contributed by atoms with Gasteiger partial charge in [0, 0.05) is 5.56 Å². The summed E-state index contributed by atoms with van der Waals surface area (Å²) in [6.45, 7) is 0. The van der Waals surface area contributed by atoms with Gasteiger partial charge in [0.2, 0.25) is 5.82 Å². The Hall–Kier alpha value is -3.28. The van der Waals surface area contributed by atoms with Gasteiger partial charge in [0.25, 0.3) is 5.89 Å². The van der Waals surface area contributed by atoms with E-state index in [0.29, 0.717) is 11.3 Å². The summed E-state index contributed by atoms with van der Waals surface area (Å²) in [5.74, 6) is 0.0707. The van der Waals surface area contributed by atoms with Crippen LogP contribution in [0.3, 0.4) is 0 Å². The highest BCUT2D eigenvalue weighted by molar-refractivity contribution is 5.65. The molecule has 0 saturated heterocycles. The summed E-state index contributed by atoms with van der Waals surface area (Å²) in [6, 6.07) is 17.8. The van der Waals surface area contributed by atoms with Crippen LogP contribution in [0.15, 0.2) is 65.2 Å². The lowest BCUT2D eigenvalue weighted by atomic mass is 10.1. The van der Waals surface area contributed by atoms with Crippen LogP contribution in [-0.4, -0.2) is 20.3 Å². The lowest BCUT2D eigenvalue weighted by molar-refractivity contribution is 0.430. The maximum atomic E-state index is 13.8.